The zero-order valence-corrected chi connectivity index (χ0v) is 7.52. The molecule has 0 amide bonds. The van der Waals surface area contributed by atoms with Crippen molar-refractivity contribution >= 4 is 30.5 Å². The summed E-state index contributed by atoms with van der Waals surface area (Å²) < 4.78 is 4.55. The molecule has 4 nitrogen and oxygen atoms in total. The normalized spacial score (nSPS) is 12.1. The minimum atomic E-state index is -0.469. The number of fused-ring (bicyclic) bond motifs is 1. The second kappa shape index (κ2) is 3.18. The first-order valence-corrected chi connectivity index (χ1v) is 4.05. The number of ether oxygens (including phenoxy) is 1. The summed E-state index contributed by atoms with van der Waals surface area (Å²) in [4.78, 5) is 15.1. The van der Waals surface area contributed by atoms with Crippen LogP contribution in [0.3, 0.4) is 0 Å². The molecule has 0 atom stereocenters. The first-order chi connectivity index (χ1) is 6.72. The maximum absolute atomic E-state index is 11.2. The Hall–Kier alpha value is -1.78. The third-order valence-electron chi connectivity index (χ3n) is 2.00. The van der Waals surface area contributed by atoms with E-state index in [-0.39, 0.29) is 5.75 Å². The Morgan fingerprint density at radius 3 is 3.07 bits per heavy atom. The van der Waals surface area contributed by atoms with Crippen LogP contribution >= 0.6 is 0 Å². The van der Waals surface area contributed by atoms with E-state index >= 15 is 0 Å². The maximum atomic E-state index is 11.2. The number of phenolic OH excluding ortho intramolecular Hbond substituents is 1. The summed E-state index contributed by atoms with van der Waals surface area (Å²) in [6.07, 6.45) is 1.57. The van der Waals surface area contributed by atoms with Gasteiger partial charge in [-0.3, -0.25) is 4.99 Å². The van der Waals surface area contributed by atoms with Crippen molar-refractivity contribution in [3.05, 3.63) is 17.7 Å². The molecule has 1 radical (unpaired) electrons. The third kappa shape index (κ3) is 1.27. The molecule has 0 saturated carbocycles. The first-order valence-electron chi connectivity index (χ1n) is 4.05. The number of carbonyl (C=O) groups excluding carboxylic acids is 1. The molecular weight excluding hydrogens is 181 g/mol. The molecule has 0 bridgehead atoms. The van der Waals surface area contributed by atoms with Crippen LogP contribution in [0.1, 0.15) is 10.4 Å². The number of phenols is 1. The molecule has 1 N–H and O–H groups in total. The number of rotatable bonds is 1. The summed E-state index contributed by atoms with van der Waals surface area (Å²) in [7, 11) is 3.02. The monoisotopic (exact) mass is 188 g/mol. The standard InChI is InChI=1S/C9H7BNO3/c1-14-9(13)5-2-6-8(7(12)3-5)11-4-10-6/h2-4,12H,1H3. The van der Waals surface area contributed by atoms with E-state index in [1.54, 1.807) is 19.5 Å². The van der Waals surface area contributed by atoms with Crippen molar-refractivity contribution in [1.82, 2.24) is 0 Å². The van der Waals surface area contributed by atoms with Gasteiger partial charge in [-0.05, 0) is 12.2 Å². The number of nitrogens with zero attached hydrogens (tertiary/aromatic N) is 1. The molecular formula is C9H7BNO3. The number of aliphatic imine (C=N–C) groups is 1. The van der Waals surface area contributed by atoms with Crippen molar-refractivity contribution < 1.29 is 14.6 Å². The van der Waals surface area contributed by atoms with Gasteiger partial charge in [-0.2, -0.15) is 0 Å². The zero-order chi connectivity index (χ0) is 10.1. The Balaban J connectivity index is 2.49. The van der Waals surface area contributed by atoms with Gasteiger partial charge in [0.1, 0.15) is 5.75 Å². The SMILES string of the molecule is COC(=O)c1cc(O)c2c(c1)[B]C=N2. The van der Waals surface area contributed by atoms with Gasteiger partial charge < -0.3 is 9.84 Å². The van der Waals surface area contributed by atoms with E-state index in [9.17, 15) is 9.90 Å². The lowest BCUT2D eigenvalue weighted by Gasteiger charge is -2.04. The van der Waals surface area contributed by atoms with Crippen molar-refractivity contribution in [2.45, 2.75) is 0 Å². The van der Waals surface area contributed by atoms with Crippen molar-refractivity contribution in [3.63, 3.8) is 0 Å². The van der Waals surface area contributed by atoms with Crippen LogP contribution in [-0.2, 0) is 4.74 Å². The van der Waals surface area contributed by atoms with E-state index in [1.165, 1.54) is 13.2 Å². The topological polar surface area (TPSA) is 58.9 Å². The van der Waals surface area contributed by atoms with Crippen LogP contribution < -0.4 is 5.46 Å². The average molecular weight is 188 g/mol. The quantitative estimate of drug-likeness (QED) is 0.505. The summed E-state index contributed by atoms with van der Waals surface area (Å²) in [6, 6.07) is 2.98. The van der Waals surface area contributed by atoms with E-state index in [4.69, 9.17) is 0 Å². The Kier molecular flexibility index (Phi) is 2.00. The number of esters is 1. The van der Waals surface area contributed by atoms with Crippen LogP contribution in [-0.4, -0.2) is 31.6 Å². The van der Waals surface area contributed by atoms with Crippen LogP contribution in [0.2, 0.25) is 0 Å². The van der Waals surface area contributed by atoms with Crippen molar-refractivity contribution in [2.24, 2.45) is 4.99 Å². The number of carbonyl (C=O) groups is 1. The summed E-state index contributed by atoms with van der Waals surface area (Å²) in [5.74, 6) is -0.476. The van der Waals surface area contributed by atoms with Gasteiger partial charge in [0.2, 0.25) is 7.28 Å². The van der Waals surface area contributed by atoms with Gasteiger partial charge in [0.25, 0.3) is 0 Å². The van der Waals surface area contributed by atoms with Crippen LogP contribution in [0.25, 0.3) is 0 Å². The smallest absolute Gasteiger partial charge is 0.337 e. The van der Waals surface area contributed by atoms with E-state index in [0.717, 1.165) is 5.46 Å². The van der Waals surface area contributed by atoms with Crippen molar-refractivity contribution in [2.75, 3.05) is 7.11 Å². The summed E-state index contributed by atoms with van der Waals surface area (Å²) in [5.41, 5.74) is 1.55. The molecule has 1 aromatic rings. The third-order valence-corrected chi connectivity index (χ3v) is 2.00. The molecule has 0 aliphatic carbocycles. The number of hydrogen-bond acceptors (Lipinski definition) is 4. The number of benzene rings is 1. The minimum Gasteiger partial charge on any atom is -0.506 e. The van der Waals surface area contributed by atoms with E-state index in [0.29, 0.717) is 11.3 Å². The fourth-order valence-electron chi connectivity index (χ4n) is 1.34. The number of aromatic hydroxyl groups is 1. The summed E-state index contributed by atoms with van der Waals surface area (Å²) >= 11 is 0. The Labute approximate surface area is 81.5 Å². The van der Waals surface area contributed by atoms with Gasteiger partial charge in [0.15, 0.2) is 0 Å². The molecule has 0 spiro atoms. The molecule has 0 unspecified atom stereocenters. The van der Waals surface area contributed by atoms with Crippen LogP contribution in [0.5, 0.6) is 5.75 Å². The molecule has 0 saturated heterocycles. The minimum absolute atomic E-state index is 0.00657. The maximum Gasteiger partial charge on any atom is 0.337 e. The molecule has 2 rings (SSSR count). The second-order valence-electron chi connectivity index (χ2n) is 2.87. The predicted molar refractivity (Wildman–Crippen MR) is 53.0 cm³/mol. The van der Waals surface area contributed by atoms with Crippen LogP contribution in [0, 0.1) is 0 Å². The average Bonchev–Trinajstić information content (AvgIpc) is 2.64. The molecule has 1 heterocycles. The van der Waals surface area contributed by atoms with Crippen molar-refractivity contribution in [3.8, 4) is 5.75 Å². The molecule has 0 aromatic heterocycles. The molecule has 1 aliphatic heterocycles. The zero-order valence-electron chi connectivity index (χ0n) is 7.52. The summed E-state index contributed by atoms with van der Waals surface area (Å²) in [6.45, 7) is 0. The van der Waals surface area contributed by atoms with Gasteiger partial charge in [-0.1, -0.05) is 11.5 Å². The highest BCUT2D eigenvalue weighted by Gasteiger charge is 2.16. The molecule has 1 aliphatic rings. The molecule has 69 valence electrons. The highest BCUT2D eigenvalue weighted by atomic mass is 16.5. The lowest BCUT2D eigenvalue weighted by molar-refractivity contribution is 0.0600. The Morgan fingerprint density at radius 1 is 1.57 bits per heavy atom. The van der Waals surface area contributed by atoms with E-state index in [1.807, 2.05) is 0 Å². The Morgan fingerprint density at radius 2 is 2.36 bits per heavy atom. The van der Waals surface area contributed by atoms with Gasteiger partial charge in [-0.15, -0.1) is 0 Å². The first kappa shape index (κ1) is 8.81. The van der Waals surface area contributed by atoms with E-state index in [2.05, 4.69) is 9.73 Å². The van der Waals surface area contributed by atoms with Gasteiger partial charge >= 0.3 is 5.97 Å². The highest BCUT2D eigenvalue weighted by Crippen LogP contribution is 2.26. The number of hydrogen-bond donors (Lipinski definition) is 1. The lowest BCUT2D eigenvalue weighted by atomic mass is 9.73. The van der Waals surface area contributed by atoms with E-state index < -0.39 is 5.97 Å². The second-order valence-corrected chi connectivity index (χ2v) is 2.87. The van der Waals surface area contributed by atoms with Crippen molar-refractivity contribution in [1.29, 1.82) is 0 Å². The fraction of sp³-hybridized carbons (Fsp3) is 0.111. The molecule has 5 heteroatoms. The highest BCUT2D eigenvalue weighted by molar-refractivity contribution is 6.82. The van der Waals surface area contributed by atoms with Crippen LogP contribution in [0.4, 0.5) is 5.69 Å². The summed E-state index contributed by atoms with van der Waals surface area (Å²) in [5, 5.41) is 9.52. The largest absolute Gasteiger partial charge is 0.506 e. The van der Waals surface area contributed by atoms with Crippen LogP contribution in [0.15, 0.2) is 17.1 Å². The van der Waals surface area contributed by atoms with Gasteiger partial charge in [0, 0.05) is 0 Å². The molecule has 1 aromatic carbocycles. The van der Waals surface area contributed by atoms with Gasteiger partial charge in [0.05, 0.1) is 18.4 Å². The molecule has 14 heavy (non-hydrogen) atoms. The number of methoxy groups -OCH3 is 1. The predicted octanol–water partition coefficient (Wildman–Crippen LogP) is 0.182. The lowest BCUT2D eigenvalue weighted by Crippen LogP contribution is -2.14. The van der Waals surface area contributed by atoms with Gasteiger partial charge in [-0.25, -0.2) is 4.79 Å². The Bertz CT molecular complexity index is 428. The molecule has 0 fully saturated rings. The fourth-order valence-corrected chi connectivity index (χ4v) is 1.34.